The van der Waals surface area contributed by atoms with E-state index >= 15 is 0 Å². The van der Waals surface area contributed by atoms with Gasteiger partial charge in [-0.05, 0) is 12.1 Å². The zero-order valence-electron chi connectivity index (χ0n) is 10.3. The van der Waals surface area contributed by atoms with Crippen LogP contribution < -0.4 is 10.1 Å². The largest absolute Gasteiger partial charge is 0.475 e. The maximum absolute atomic E-state index is 12.7. The van der Waals surface area contributed by atoms with Crippen molar-refractivity contribution < 1.29 is 17.9 Å². The smallest absolute Gasteiger partial charge is 0.421 e. The van der Waals surface area contributed by atoms with E-state index in [0.29, 0.717) is 5.82 Å². The van der Waals surface area contributed by atoms with Crippen molar-refractivity contribution in [3.05, 3.63) is 42.5 Å². The summed E-state index contributed by atoms with van der Waals surface area (Å²) in [6.07, 6.45) is 1.29. The Balaban J connectivity index is 1.89. The summed E-state index contributed by atoms with van der Waals surface area (Å²) in [4.78, 5) is 11.4. The summed E-state index contributed by atoms with van der Waals surface area (Å²) < 4.78 is 43.0. The van der Waals surface area contributed by atoms with Crippen molar-refractivity contribution in [2.75, 3.05) is 18.5 Å². The molecular weight excluding hydrogens is 273 g/mol. The minimum Gasteiger partial charge on any atom is -0.475 e. The monoisotopic (exact) mass is 284 g/mol. The van der Waals surface area contributed by atoms with Crippen LogP contribution in [0, 0.1) is 0 Å². The van der Waals surface area contributed by atoms with E-state index in [-0.39, 0.29) is 13.2 Å². The lowest BCUT2D eigenvalue weighted by Gasteiger charge is -2.12. The Bertz CT molecular complexity index is 548. The first-order valence-electron chi connectivity index (χ1n) is 5.72. The highest BCUT2D eigenvalue weighted by Crippen LogP contribution is 2.34. The standard InChI is InChI=1S/C12H11F3N4O/c13-12(14,15)9-2-1-3-19-11(9)20-7-6-18-10-8-16-4-5-17-10/h1-5,8H,6-7H2,(H,17,18). The van der Waals surface area contributed by atoms with E-state index in [0.717, 1.165) is 6.07 Å². The molecule has 0 fully saturated rings. The molecule has 0 saturated carbocycles. The van der Waals surface area contributed by atoms with Crippen LogP contribution in [0.2, 0.25) is 0 Å². The van der Waals surface area contributed by atoms with Crippen molar-refractivity contribution in [1.29, 1.82) is 0 Å². The van der Waals surface area contributed by atoms with Crippen LogP contribution in [0.5, 0.6) is 5.88 Å². The molecule has 0 aliphatic heterocycles. The lowest BCUT2D eigenvalue weighted by molar-refractivity contribution is -0.139. The third-order valence-electron chi connectivity index (χ3n) is 2.29. The molecule has 0 aliphatic carbocycles. The molecule has 8 heteroatoms. The van der Waals surface area contributed by atoms with Crippen LogP contribution >= 0.6 is 0 Å². The molecule has 0 aromatic carbocycles. The van der Waals surface area contributed by atoms with Gasteiger partial charge in [0.15, 0.2) is 0 Å². The normalized spacial score (nSPS) is 11.2. The molecule has 2 rings (SSSR count). The molecule has 1 N–H and O–H groups in total. The summed E-state index contributed by atoms with van der Waals surface area (Å²) in [6.45, 7) is 0.309. The second kappa shape index (κ2) is 6.18. The van der Waals surface area contributed by atoms with Gasteiger partial charge in [-0.3, -0.25) is 4.98 Å². The first-order chi connectivity index (χ1) is 9.57. The van der Waals surface area contributed by atoms with Gasteiger partial charge in [0.25, 0.3) is 0 Å². The zero-order chi connectivity index (χ0) is 14.4. The molecule has 20 heavy (non-hydrogen) atoms. The van der Waals surface area contributed by atoms with Gasteiger partial charge in [-0.15, -0.1) is 0 Å². The third-order valence-corrected chi connectivity index (χ3v) is 2.29. The molecule has 0 atom stereocenters. The van der Waals surface area contributed by atoms with Crippen LogP contribution in [0.3, 0.4) is 0 Å². The van der Waals surface area contributed by atoms with Crippen molar-refractivity contribution in [3.8, 4) is 5.88 Å². The molecule has 0 amide bonds. The van der Waals surface area contributed by atoms with E-state index in [1.165, 1.54) is 30.9 Å². The van der Waals surface area contributed by atoms with E-state index in [1.807, 2.05) is 0 Å². The number of aromatic nitrogens is 3. The maximum atomic E-state index is 12.7. The van der Waals surface area contributed by atoms with Crippen molar-refractivity contribution >= 4 is 5.82 Å². The Labute approximate surface area is 112 Å². The first-order valence-corrected chi connectivity index (χ1v) is 5.72. The molecular formula is C12H11F3N4O. The molecule has 5 nitrogen and oxygen atoms in total. The SMILES string of the molecule is FC(F)(F)c1cccnc1OCCNc1cnccn1. The first kappa shape index (κ1) is 14.0. The predicted molar refractivity (Wildman–Crippen MR) is 65.3 cm³/mol. The Kier molecular flexibility index (Phi) is 4.34. The quantitative estimate of drug-likeness (QED) is 0.854. The molecule has 0 unspecified atom stereocenters. The van der Waals surface area contributed by atoms with Crippen molar-refractivity contribution in [2.24, 2.45) is 0 Å². The fourth-order valence-electron chi connectivity index (χ4n) is 1.44. The number of ether oxygens (including phenoxy) is 1. The summed E-state index contributed by atoms with van der Waals surface area (Å²) in [6, 6.07) is 2.14. The Hall–Kier alpha value is -2.38. The van der Waals surface area contributed by atoms with E-state index in [9.17, 15) is 13.2 Å². The number of hydrogen-bond donors (Lipinski definition) is 1. The summed E-state index contributed by atoms with van der Waals surface area (Å²) >= 11 is 0. The minimum absolute atomic E-state index is 0.0245. The average molecular weight is 284 g/mol. The fourth-order valence-corrected chi connectivity index (χ4v) is 1.44. The molecule has 2 aromatic heterocycles. The van der Waals surface area contributed by atoms with Crippen LogP contribution in [0.4, 0.5) is 19.0 Å². The van der Waals surface area contributed by atoms with Gasteiger partial charge in [-0.25, -0.2) is 9.97 Å². The van der Waals surface area contributed by atoms with Gasteiger partial charge in [-0.1, -0.05) is 0 Å². The second-order valence-electron chi connectivity index (χ2n) is 3.72. The van der Waals surface area contributed by atoms with Gasteiger partial charge >= 0.3 is 6.18 Å². The Morgan fingerprint density at radius 1 is 1.15 bits per heavy atom. The topological polar surface area (TPSA) is 59.9 Å². The van der Waals surface area contributed by atoms with Gasteiger partial charge in [0.2, 0.25) is 5.88 Å². The maximum Gasteiger partial charge on any atom is 0.421 e. The Morgan fingerprint density at radius 3 is 2.70 bits per heavy atom. The van der Waals surface area contributed by atoms with E-state index < -0.39 is 17.6 Å². The van der Waals surface area contributed by atoms with Crippen LogP contribution in [0.1, 0.15) is 5.56 Å². The predicted octanol–water partition coefficient (Wildman–Crippen LogP) is 2.38. The minimum atomic E-state index is -4.48. The van der Waals surface area contributed by atoms with Gasteiger partial charge in [0.1, 0.15) is 18.0 Å². The number of halogens is 3. The number of nitrogens with zero attached hydrogens (tertiary/aromatic N) is 3. The van der Waals surface area contributed by atoms with Crippen LogP contribution in [-0.2, 0) is 6.18 Å². The highest BCUT2D eigenvalue weighted by molar-refractivity contribution is 5.30. The van der Waals surface area contributed by atoms with Gasteiger partial charge in [0, 0.05) is 18.6 Å². The number of pyridine rings is 1. The van der Waals surface area contributed by atoms with Crippen LogP contribution in [0.15, 0.2) is 36.9 Å². The average Bonchev–Trinajstić information content (AvgIpc) is 2.44. The van der Waals surface area contributed by atoms with Crippen molar-refractivity contribution in [1.82, 2.24) is 15.0 Å². The molecule has 0 radical (unpaired) electrons. The summed E-state index contributed by atoms with van der Waals surface area (Å²) in [7, 11) is 0. The highest BCUT2D eigenvalue weighted by Gasteiger charge is 2.34. The molecule has 0 saturated heterocycles. The summed E-state index contributed by atoms with van der Waals surface area (Å²) in [5.74, 6) is 0.0918. The fraction of sp³-hybridized carbons (Fsp3) is 0.250. The molecule has 0 spiro atoms. The Morgan fingerprint density at radius 2 is 2.00 bits per heavy atom. The number of rotatable bonds is 5. The number of alkyl halides is 3. The van der Waals surface area contributed by atoms with Crippen molar-refractivity contribution in [2.45, 2.75) is 6.18 Å². The zero-order valence-corrected chi connectivity index (χ0v) is 10.3. The molecule has 106 valence electrons. The van der Waals surface area contributed by atoms with Gasteiger partial charge in [-0.2, -0.15) is 13.2 Å². The van der Waals surface area contributed by atoms with E-state index in [1.54, 1.807) is 0 Å². The number of hydrogen-bond acceptors (Lipinski definition) is 5. The highest BCUT2D eigenvalue weighted by atomic mass is 19.4. The summed E-state index contributed by atoms with van der Waals surface area (Å²) in [5, 5.41) is 2.87. The third kappa shape index (κ3) is 3.81. The molecule has 2 aromatic rings. The van der Waals surface area contributed by atoms with Crippen molar-refractivity contribution in [3.63, 3.8) is 0 Å². The van der Waals surface area contributed by atoms with E-state index in [4.69, 9.17) is 4.74 Å². The van der Waals surface area contributed by atoms with Gasteiger partial charge in [0.05, 0.1) is 12.7 Å². The van der Waals surface area contributed by atoms with E-state index in [2.05, 4.69) is 20.3 Å². The van der Waals surface area contributed by atoms with Crippen LogP contribution in [0.25, 0.3) is 0 Å². The molecule has 2 heterocycles. The lowest BCUT2D eigenvalue weighted by Crippen LogP contribution is -2.15. The number of nitrogens with one attached hydrogen (secondary N) is 1. The number of anilines is 1. The second-order valence-corrected chi connectivity index (χ2v) is 3.72. The molecule has 0 bridgehead atoms. The van der Waals surface area contributed by atoms with Gasteiger partial charge < -0.3 is 10.1 Å². The summed E-state index contributed by atoms with van der Waals surface area (Å²) in [5.41, 5.74) is -0.889. The van der Waals surface area contributed by atoms with Crippen LogP contribution in [-0.4, -0.2) is 28.1 Å². The lowest BCUT2D eigenvalue weighted by atomic mass is 10.2. The molecule has 0 aliphatic rings.